The second-order valence-electron chi connectivity index (χ2n) is 3.67. The molecule has 0 radical (unpaired) electrons. The van der Waals surface area contributed by atoms with Gasteiger partial charge in [-0.1, -0.05) is 11.6 Å². The van der Waals surface area contributed by atoms with Crippen LogP contribution < -0.4 is 5.32 Å². The molecule has 1 aromatic rings. The van der Waals surface area contributed by atoms with Crippen LogP contribution >= 0.6 is 11.6 Å². The van der Waals surface area contributed by atoms with Crippen molar-refractivity contribution in [1.82, 2.24) is 4.90 Å². The van der Waals surface area contributed by atoms with Gasteiger partial charge in [-0.3, -0.25) is 14.5 Å². The summed E-state index contributed by atoms with van der Waals surface area (Å²) < 4.78 is 0. The predicted molar refractivity (Wildman–Crippen MR) is 61.8 cm³/mol. The second-order valence-corrected chi connectivity index (χ2v) is 4.08. The van der Waals surface area contributed by atoms with Gasteiger partial charge in [-0.15, -0.1) is 0 Å². The molecule has 0 aliphatic carbocycles. The fourth-order valence-electron chi connectivity index (χ4n) is 1.73. The van der Waals surface area contributed by atoms with Crippen molar-refractivity contribution in [2.45, 2.75) is 6.42 Å². The summed E-state index contributed by atoms with van der Waals surface area (Å²) in [5, 5.41) is 3.40. The standard InChI is InChI=1S/C11H11ClN2O2/c1-13-9-3-6-4-10(15)14(2)11(16)7(6)5-8(9)12/h3,5,13H,4H2,1-2H3. The van der Waals surface area contributed by atoms with Crippen molar-refractivity contribution in [3.05, 3.63) is 28.3 Å². The van der Waals surface area contributed by atoms with Crippen molar-refractivity contribution >= 4 is 29.1 Å². The number of imide groups is 1. The van der Waals surface area contributed by atoms with Crippen LogP contribution in [0.15, 0.2) is 12.1 Å². The Morgan fingerprint density at radius 3 is 2.69 bits per heavy atom. The zero-order valence-corrected chi connectivity index (χ0v) is 9.76. The molecule has 0 atom stereocenters. The minimum Gasteiger partial charge on any atom is -0.387 e. The van der Waals surface area contributed by atoms with E-state index in [2.05, 4.69) is 5.32 Å². The van der Waals surface area contributed by atoms with E-state index in [1.807, 2.05) is 0 Å². The predicted octanol–water partition coefficient (Wildman–Crippen LogP) is 1.54. The largest absolute Gasteiger partial charge is 0.387 e. The molecule has 1 aromatic carbocycles. The molecule has 1 N–H and O–H groups in total. The Morgan fingerprint density at radius 2 is 2.06 bits per heavy atom. The number of anilines is 1. The number of hydrogen-bond donors (Lipinski definition) is 1. The number of fused-ring (bicyclic) bond motifs is 1. The second kappa shape index (κ2) is 3.79. The molecule has 1 aliphatic heterocycles. The quantitative estimate of drug-likeness (QED) is 0.755. The Balaban J connectivity index is 2.58. The number of nitrogens with one attached hydrogen (secondary N) is 1. The number of benzene rings is 1. The number of rotatable bonds is 1. The molecule has 1 heterocycles. The molecule has 0 saturated carbocycles. The van der Waals surface area contributed by atoms with Crippen molar-refractivity contribution in [2.24, 2.45) is 0 Å². The van der Waals surface area contributed by atoms with Crippen LogP contribution in [0.25, 0.3) is 0 Å². The first-order chi connectivity index (χ1) is 7.54. The fraction of sp³-hybridized carbons (Fsp3) is 0.273. The van der Waals surface area contributed by atoms with Crippen molar-refractivity contribution in [2.75, 3.05) is 19.4 Å². The summed E-state index contributed by atoms with van der Waals surface area (Å²) in [4.78, 5) is 24.4. The monoisotopic (exact) mass is 238 g/mol. The van der Waals surface area contributed by atoms with E-state index in [-0.39, 0.29) is 18.2 Å². The molecule has 0 bridgehead atoms. The molecule has 1 aliphatic rings. The van der Waals surface area contributed by atoms with Crippen LogP contribution in [0.1, 0.15) is 15.9 Å². The molecule has 0 aromatic heterocycles. The lowest BCUT2D eigenvalue weighted by atomic mass is 9.98. The number of likely N-dealkylation sites (N-methyl/N-ethyl adjacent to an activating group) is 1. The van der Waals surface area contributed by atoms with Gasteiger partial charge in [0.15, 0.2) is 0 Å². The van der Waals surface area contributed by atoms with E-state index < -0.39 is 0 Å². The molecule has 5 heteroatoms. The van der Waals surface area contributed by atoms with Crippen molar-refractivity contribution in [3.8, 4) is 0 Å². The molecule has 84 valence electrons. The number of halogens is 1. The Hall–Kier alpha value is -1.55. The van der Waals surface area contributed by atoms with E-state index in [9.17, 15) is 9.59 Å². The van der Waals surface area contributed by atoms with E-state index in [0.29, 0.717) is 10.6 Å². The maximum Gasteiger partial charge on any atom is 0.260 e. The minimum atomic E-state index is -0.296. The van der Waals surface area contributed by atoms with Crippen LogP contribution in [-0.2, 0) is 11.2 Å². The number of carbonyl (C=O) groups excluding carboxylic acids is 2. The van der Waals surface area contributed by atoms with Crippen LogP contribution in [0.2, 0.25) is 5.02 Å². The number of nitrogens with zero attached hydrogens (tertiary/aromatic N) is 1. The third-order valence-corrected chi connectivity index (χ3v) is 3.03. The highest BCUT2D eigenvalue weighted by molar-refractivity contribution is 6.33. The van der Waals surface area contributed by atoms with Crippen LogP contribution in [-0.4, -0.2) is 30.8 Å². The topological polar surface area (TPSA) is 49.4 Å². The van der Waals surface area contributed by atoms with E-state index in [1.165, 1.54) is 7.05 Å². The maximum absolute atomic E-state index is 11.8. The molecular weight excluding hydrogens is 228 g/mol. The first-order valence-corrected chi connectivity index (χ1v) is 5.23. The third kappa shape index (κ3) is 1.55. The average Bonchev–Trinajstić information content (AvgIpc) is 2.27. The average molecular weight is 239 g/mol. The van der Waals surface area contributed by atoms with Crippen LogP contribution in [0, 0.1) is 0 Å². The summed E-state index contributed by atoms with van der Waals surface area (Å²) in [5.74, 6) is -0.488. The molecule has 0 unspecified atom stereocenters. The van der Waals surface area contributed by atoms with E-state index in [1.54, 1.807) is 19.2 Å². The van der Waals surface area contributed by atoms with Crippen LogP contribution in [0.3, 0.4) is 0 Å². The molecule has 2 amide bonds. The van der Waals surface area contributed by atoms with E-state index in [4.69, 9.17) is 11.6 Å². The van der Waals surface area contributed by atoms with Gasteiger partial charge < -0.3 is 5.32 Å². The van der Waals surface area contributed by atoms with Crippen LogP contribution in [0.4, 0.5) is 5.69 Å². The maximum atomic E-state index is 11.8. The number of carbonyl (C=O) groups is 2. The molecular formula is C11H11ClN2O2. The minimum absolute atomic E-state index is 0.193. The van der Waals surface area contributed by atoms with Gasteiger partial charge in [0.2, 0.25) is 5.91 Å². The molecule has 0 fully saturated rings. The summed E-state index contributed by atoms with van der Waals surface area (Å²) in [6, 6.07) is 3.36. The van der Waals surface area contributed by atoms with Gasteiger partial charge in [0.1, 0.15) is 0 Å². The molecule has 4 nitrogen and oxygen atoms in total. The zero-order valence-electron chi connectivity index (χ0n) is 9.00. The first-order valence-electron chi connectivity index (χ1n) is 4.85. The Bertz CT molecular complexity index is 485. The summed E-state index contributed by atoms with van der Waals surface area (Å²) >= 11 is 5.99. The normalized spacial score (nSPS) is 15.1. The fourth-order valence-corrected chi connectivity index (χ4v) is 1.99. The summed E-state index contributed by atoms with van der Waals surface area (Å²) in [5.41, 5.74) is 1.96. The highest BCUT2D eigenvalue weighted by atomic mass is 35.5. The summed E-state index contributed by atoms with van der Waals surface area (Å²) in [6.45, 7) is 0. The lowest BCUT2D eigenvalue weighted by molar-refractivity contribution is -0.127. The third-order valence-electron chi connectivity index (χ3n) is 2.71. The lowest BCUT2D eigenvalue weighted by Crippen LogP contribution is -2.39. The summed E-state index contributed by atoms with van der Waals surface area (Å²) in [7, 11) is 3.22. The number of hydrogen-bond acceptors (Lipinski definition) is 3. The highest BCUT2D eigenvalue weighted by Gasteiger charge is 2.28. The van der Waals surface area contributed by atoms with Crippen LogP contribution in [0.5, 0.6) is 0 Å². The molecule has 2 rings (SSSR count). The lowest BCUT2D eigenvalue weighted by Gasteiger charge is -2.24. The van der Waals surface area contributed by atoms with Crippen molar-refractivity contribution < 1.29 is 9.59 Å². The van der Waals surface area contributed by atoms with Gasteiger partial charge in [-0.25, -0.2) is 0 Å². The van der Waals surface area contributed by atoms with E-state index >= 15 is 0 Å². The zero-order chi connectivity index (χ0) is 11.9. The first kappa shape index (κ1) is 11.0. The van der Waals surface area contributed by atoms with Crippen molar-refractivity contribution in [1.29, 1.82) is 0 Å². The van der Waals surface area contributed by atoms with Crippen molar-refractivity contribution in [3.63, 3.8) is 0 Å². The van der Waals surface area contributed by atoms with Gasteiger partial charge in [-0.2, -0.15) is 0 Å². The Kier molecular flexibility index (Phi) is 2.59. The van der Waals surface area contributed by atoms with Gasteiger partial charge >= 0.3 is 0 Å². The molecule has 0 spiro atoms. The Morgan fingerprint density at radius 1 is 1.38 bits per heavy atom. The van der Waals surface area contributed by atoms with E-state index in [0.717, 1.165) is 16.2 Å². The molecule has 16 heavy (non-hydrogen) atoms. The van der Waals surface area contributed by atoms with Gasteiger partial charge in [-0.05, 0) is 17.7 Å². The van der Waals surface area contributed by atoms with Gasteiger partial charge in [0.25, 0.3) is 5.91 Å². The highest BCUT2D eigenvalue weighted by Crippen LogP contribution is 2.29. The van der Waals surface area contributed by atoms with Gasteiger partial charge in [0.05, 0.1) is 17.1 Å². The summed E-state index contributed by atoms with van der Waals surface area (Å²) in [6.07, 6.45) is 0.240. The van der Waals surface area contributed by atoms with Gasteiger partial charge in [0, 0.05) is 19.7 Å². The Labute approximate surface area is 98.2 Å². The number of amides is 2. The smallest absolute Gasteiger partial charge is 0.260 e. The SMILES string of the molecule is CNc1cc2c(cc1Cl)C(=O)N(C)C(=O)C2. The molecule has 0 saturated heterocycles.